The fourth-order valence-corrected chi connectivity index (χ4v) is 0.415. The Morgan fingerprint density at radius 2 is 1.73 bits per heavy atom. The Bertz CT molecular complexity index is 209. The summed E-state index contributed by atoms with van der Waals surface area (Å²) >= 11 is 4.19. The van der Waals surface area contributed by atoms with Crippen molar-refractivity contribution in [3.05, 3.63) is 36.1 Å². The van der Waals surface area contributed by atoms with Crippen LogP contribution < -0.4 is 0 Å². The molecule has 4 heteroatoms. The number of carbonyl (C=O) groups is 1. The topological polar surface area (TPSA) is 37.3 Å². The van der Waals surface area contributed by atoms with Crippen molar-refractivity contribution in [1.29, 1.82) is 0 Å². The first-order chi connectivity index (χ1) is 5.13. The van der Waals surface area contributed by atoms with E-state index in [9.17, 15) is 4.39 Å². The van der Waals surface area contributed by atoms with Crippen LogP contribution in [0.4, 0.5) is 9.18 Å². The Morgan fingerprint density at radius 1 is 1.36 bits per heavy atom. The number of rotatable bonds is 0. The van der Waals surface area contributed by atoms with E-state index in [4.69, 9.17) is 9.90 Å². The zero-order valence-electron chi connectivity index (χ0n) is 5.50. The van der Waals surface area contributed by atoms with Gasteiger partial charge in [0.2, 0.25) is 0 Å². The third-order valence-electron chi connectivity index (χ3n) is 0.733. The smallest absolute Gasteiger partial charge is 0.401 e. The zero-order chi connectivity index (χ0) is 8.69. The van der Waals surface area contributed by atoms with Gasteiger partial charge >= 0.3 is 5.43 Å². The van der Waals surface area contributed by atoms with Gasteiger partial charge in [0.1, 0.15) is 5.82 Å². The normalized spacial score (nSPS) is 7.82. The molecular formula is C7H6ClFO2. The Balaban J connectivity index is 0.000000218. The molecule has 0 unspecified atom stereocenters. The van der Waals surface area contributed by atoms with Crippen LogP contribution in [0.3, 0.4) is 0 Å². The number of hydrogen-bond acceptors (Lipinski definition) is 1. The maximum atomic E-state index is 11.9. The molecule has 0 aromatic heterocycles. The van der Waals surface area contributed by atoms with Gasteiger partial charge < -0.3 is 5.11 Å². The molecule has 0 saturated carbocycles. The van der Waals surface area contributed by atoms with Crippen molar-refractivity contribution in [2.45, 2.75) is 0 Å². The molecule has 0 bridgehead atoms. The van der Waals surface area contributed by atoms with E-state index in [2.05, 4.69) is 11.6 Å². The van der Waals surface area contributed by atoms with E-state index in [0.29, 0.717) is 0 Å². The molecule has 0 spiro atoms. The Labute approximate surface area is 68.2 Å². The van der Waals surface area contributed by atoms with Gasteiger partial charge in [-0.3, -0.25) is 0 Å². The van der Waals surface area contributed by atoms with Crippen LogP contribution in [0.1, 0.15) is 0 Å². The van der Waals surface area contributed by atoms with E-state index in [1.165, 1.54) is 12.1 Å². The Hall–Kier alpha value is -1.09. The molecule has 1 aromatic carbocycles. The molecule has 0 aliphatic carbocycles. The summed E-state index contributed by atoms with van der Waals surface area (Å²) in [4.78, 5) is 8.77. The molecule has 2 nitrogen and oxygen atoms in total. The van der Waals surface area contributed by atoms with Gasteiger partial charge in [-0.05, 0) is 12.1 Å². The second kappa shape index (κ2) is 5.68. The number of hydrogen-bond donors (Lipinski definition) is 1. The average Bonchev–Trinajstić information content (AvgIpc) is 1.87. The van der Waals surface area contributed by atoms with Crippen molar-refractivity contribution >= 4 is 17.0 Å². The largest absolute Gasteiger partial charge is 0.469 e. The molecule has 0 fully saturated rings. The highest BCUT2D eigenvalue weighted by Gasteiger charge is 1.77. The average molecular weight is 177 g/mol. The van der Waals surface area contributed by atoms with Crippen LogP contribution in [-0.4, -0.2) is 10.5 Å². The van der Waals surface area contributed by atoms with E-state index >= 15 is 0 Å². The lowest BCUT2D eigenvalue weighted by Gasteiger charge is -1.78. The predicted octanol–water partition coefficient (Wildman–Crippen LogP) is 2.73. The minimum absolute atomic E-state index is 0.178. The van der Waals surface area contributed by atoms with Gasteiger partial charge in [0, 0.05) is 11.6 Å². The minimum Gasteiger partial charge on any atom is -0.469 e. The van der Waals surface area contributed by atoms with Crippen LogP contribution in [-0.2, 0) is 0 Å². The molecule has 0 aliphatic rings. The summed E-state index contributed by atoms with van der Waals surface area (Å²) in [5.74, 6) is -0.178. The Kier molecular flexibility index (Phi) is 5.11. The van der Waals surface area contributed by atoms with Gasteiger partial charge in [-0.2, -0.15) is 0 Å². The van der Waals surface area contributed by atoms with Crippen molar-refractivity contribution in [3.63, 3.8) is 0 Å². The highest BCUT2D eigenvalue weighted by Crippen LogP contribution is 1.91. The van der Waals surface area contributed by atoms with Gasteiger partial charge in [0.15, 0.2) is 0 Å². The maximum absolute atomic E-state index is 11.9. The molecule has 1 aromatic rings. The van der Waals surface area contributed by atoms with Gasteiger partial charge in [0.05, 0.1) is 0 Å². The summed E-state index contributed by atoms with van der Waals surface area (Å²) in [7, 11) is 0. The van der Waals surface area contributed by atoms with Gasteiger partial charge in [-0.25, -0.2) is 9.18 Å². The summed E-state index contributed by atoms with van der Waals surface area (Å²) in [5, 5.41) is 7.18. The van der Waals surface area contributed by atoms with E-state index in [0.717, 1.165) is 0 Å². The first-order valence-corrected chi connectivity index (χ1v) is 3.09. The highest BCUT2D eigenvalue weighted by atomic mass is 35.5. The first kappa shape index (κ1) is 9.91. The molecule has 11 heavy (non-hydrogen) atoms. The van der Waals surface area contributed by atoms with Gasteiger partial charge in [-0.1, -0.05) is 18.2 Å². The van der Waals surface area contributed by atoms with E-state index < -0.39 is 5.43 Å². The van der Waals surface area contributed by atoms with Crippen molar-refractivity contribution in [3.8, 4) is 0 Å². The molecule has 0 radical (unpaired) electrons. The van der Waals surface area contributed by atoms with Crippen molar-refractivity contribution in [1.82, 2.24) is 0 Å². The molecule has 0 heterocycles. The number of halogens is 2. The fraction of sp³-hybridized carbons (Fsp3) is 0. The molecule has 0 aliphatic heterocycles. The fourth-order valence-electron chi connectivity index (χ4n) is 0.415. The van der Waals surface area contributed by atoms with Crippen LogP contribution in [0.5, 0.6) is 0 Å². The summed E-state index contributed by atoms with van der Waals surface area (Å²) in [6, 6.07) is 7.94. The molecule has 60 valence electrons. The van der Waals surface area contributed by atoms with Crippen LogP contribution in [0.2, 0.25) is 0 Å². The lowest BCUT2D eigenvalue weighted by Crippen LogP contribution is -1.66. The number of carboxylic acid groups (broad SMARTS) is 1. The van der Waals surface area contributed by atoms with Crippen LogP contribution in [0.25, 0.3) is 0 Å². The summed E-state index contributed by atoms with van der Waals surface area (Å²) in [6.45, 7) is 0. The van der Waals surface area contributed by atoms with E-state index in [1.807, 2.05) is 0 Å². The lowest BCUT2D eigenvalue weighted by molar-refractivity contribution is 0.220. The first-order valence-electron chi connectivity index (χ1n) is 2.72. The molecule has 1 rings (SSSR count). The lowest BCUT2D eigenvalue weighted by atomic mass is 10.4. The van der Waals surface area contributed by atoms with E-state index in [1.54, 1.807) is 18.2 Å². The van der Waals surface area contributed by atoms with Crippen LogP contribution in [0.15, 0.2) is 30.3 Å². The second-order valence-electron chi connectivity index (χ2n) is 1.55. The highest BCUT2D eigenvalue weighted by molar-refractivity contribution is 6.60. The van der Waals surface area contributed by atoms with Crippen molar-refractivity contribution in [2.75, 3.05) is 0 Å². The monoisotopic (exact) mass is 176 g/mol. The summed E-state index contributed by atoms with van der Waals surface area (Å²) in [5.41, 5.74) is -1.36. The second-order valence-corrected chi connectivity index (χ2v) is 1.87. The third kappa shape index (κ3) is 8.91. The summed E-state index contributed by atoms with van der Waals surface area (Å²) in [6.07, 6.45) is 0. The Morgan fingerprint density at radius 3 is 1.91 bits per heavy atom. The molecule has 0 saturated heterocycles. The number of benzene rings is 1. The SMILES string of the molecule is Fc1ccccc1.O=C(O)Cl. The zero-order valence-corrected chi connectivity index (χ0v) is 6.25. The van der Waals surface area contributed by atoms with E-state index in [-0.39, 0.29) is 5.82 Å². The quantitative estimate of drug-likeness (QED) is 0.617. The van der Waals surface area contributed by atoms with Gasteiger partial charge in [0.25, 0.3) is 0 Å². The maximum Gasteiger partial charge on any atom is 0.401 e. The third-order valence-corrected chi connectivity index (χ3v) is 0.733. The van der Waals surface area contributed by atoms with Gasteiger partial charge in [-0.15, -0.1) is 0 Å². The molecule has 0 amide bonds. The molecule has 0 atom stereocenters. The van der Waals surface area contributed by atoms with Crippen LogP contribution in [0, 0.1) is 5.82 Å². The predicted molar refractivity (Wildman–Crippen MR) is 40.3 cm³/mol. The van der Waals surface area contributed by atoms with Crippen molar-refractivity contribution in [2.24, 2.45) is 0 Å². The molecule has 1 N–H and O–H groups in total. The minimum atomic E-state index is -1.36. The summed E-state index contributed by atoms with van der Waals surface area (Å²) < 4.78 is 11.9. The van der Waals surface area contributed by atoms with Crippen LogP contribution >= 0.6 is 11.6 Å². The molecular weight excluding hydrogens is 171 g/mol. The van der Waals surface area contributed by atoms with Crippen molar-refractivity contribution < 1.29 is 14.3 Å². The standard InChI is InChI=1S/C6H5F.CHClO2/c7-6-4-2-1-3-5-6;2-1(3)4/h1-5H;(H,3,4).